The van der Waals surface area contributed by atoms with Crippen LogP contribution in [0.25, 0.3) is 0 Å². The third-order valence-corrected chi connectivity index (χ3v) is 7.29. The number of anilines is 1. The molecule has 4 saturated carbocycles. The molecular formula is C21H26N4O. The summed E-state index contributed by atoms with van der Waals surface area (Å²) in [5.41, 5.74) is 1.47. The number of carbonyl (C=O) groups is 1. The summed E-state index contributed by atoms with van der Waals surface area (Å²) in [5.74, 6) is 2.90. The van der Waals surface area contributed by atoms with Crippen LogP contribution < -0.4 is 4.90 Å². The summed E-state index contributed by atoms with van der Waals surface area (Å²) in [7, 11) is 0. The number of carbonyl (C=O) groups excluding carboxylic acids is 1. The van der Waals surface area contributed by atoms with Crippen LogP contribution in [-0.4, -0.2) is 42.0 Å². The van der Waals surface area contributed by atoms with E-state index in [0.717, 1.165) is 68.9 Å². The van der Waals surface area contributed by atoms with Crippen molar-refractivity contribution in [2.24, 2.45) is 23.2 Å². The molecule has 1 aliphatic heterocycles. The molecule has 136 valence electrons. The van der Waals surface area contributed by atoms with Gasteiger partial charge in [0.2, 0.25) is 5.91 Å². The van der Waals surface area contributed by atoms with Crippen LogP contribution in [-0.2, 0) is 4.79 Å². The third-order valence-electron chi connectivity index (χ3n) is 7.29. The number of hydrogen-bond acceptors (Lipinski definition) is 4. The van der Waals surface area contributed by atoms with Gasteiger partial charge in [0.25, 0.3) is 0 Å². The lowest BCUT2D eigenvalue weighted by Gasteiger charge is -2.57. The third kappa shape index (κ3) is 2.58. The normalized spacial score (nSPS) is 35.4. The van der Waals surface area contributed by atoms with E-state index in [0.29, 0.717) is 11.6 Å². The molecule has 5 nitrogen and oxygen atoms in total. The minimum absolute atomic E-state index is 0.0209. The summed E-state index contributed by atoms with van der Waals surface area (Å²) in [6.45, 7) is 3.32. The average Bonchev–Trinajstić information content (AvgIpc) is 2.67. The molecule has 1 amide bonds. The van der Waals surface area contributed by atoms with Gasteiger partial charge in [-0.05, 0) is 68.4 Å². The van der Waals surface area contributed by atoms with Crippen molar-refractivity contribution in [3.05, 3.63) is 24.0 Å². The molecule has 4 bridgehead atoms. The largest absolute Gasteiger partial charge is 0.367 e. The van der Waals surface area contributed by atoms with E-state index in [9.17, 15) is 4.79 Å². The van der Waals surface area contributed by atoms with Gasteiger partial charge in [0.1, 0.15) is 11.8 Å². The Balaban J connectivity index is 1.25. The monoisotopic (exact) mass is 350 g/mol. The summed E-state index contributed by atoms with van der Waals surface area (Å²) in [6.07, 6.45) is 9.37. The zero-order valence-electron chi connectivity index (χ0n) is 15.2. The Morgan fingerprint density at radius 1 is 1.04 bits per heavy atom. The molecule has 26 heavy (non-hydrogen) atoms. The van der Waals surface area contributed by atoms with Crippen molar-refractivity contribution in [2.45, 2.75) is 38.5 Å². The molecule has 5 fully saturated rings. The molecule has 0 radical (unpaired) electrons. The first-order valence-electron chi connectivity index (χ1n) is 10.1. The first-order valence-corrected chi connectivity index (χ1v) is 10.1. The molecule has 0 atom stereocenters. The standard InChI is InChI=1S/C21H26N4O/c22-13-18-1-2-19(14-23-18)24-3-5-25(6-4-24)20(26)21-10-15-7-16(11-21)9-17(8-15)12-21/h1-2,14-17H,3-12H2. The molecule has 0 spiro atoms. The fourth-order valence-corrected chi connectivity index (χ4v) is 6.51. The number of nitrogens with zero attached hydrogens (tertiary/aromatic N) is 4. The molecule has 1 aromatic rings. The Morgan fingerprint density at radius 2 is 1.65 bits per heavy atom. The number of nitriles is 1. The highest BCUT2D eigenvalue weighted by Crippen LogP contribution is 2.60. The Kier molecular flexibility index (Phi) is 3.70. The number of aromatic nitrogens is 1. The summed E-state index contributed by atoms with van der Waals surface area (Å²) < 4.78 is 0. The topological polar surface area (TPSA) is 60.2 Å². The van der Waals surface area contributed by atoms with Gasteiger partial charge in [-0.15, -0.1) is 0 Å². The number of amides is 1. The van der Waals surface area contributed by atoms with Crippen molar-refractivity contribution in [2.75, 3.05) is 31.1 Å². The van der Waals surface area contributed by atoms with Gasteiger partial charge in [-0.25, -0.2) is 4.98 Å². The molecule has 5 aliphatic rings. The highest BCUT2D eigenvalue weighted by molar-refractivity contribution is 5.83. The van der Waals surface area contributed by atoms with Crippen LogP contribution in [0.2, 0.25) is 0 Å². The number of piperazine rings is 1. The molecule has 5 heteroatoms. The summed E-state index contributed by atoms with van der Waals surface area (Å²) in [4.78, 5) is 22.0. The lowest BCUT2D eigenvalue weighted by atomic mass is 9.49. The predicted octanol–water partition coefficient (Wildman–Crippen LogP) is 2.82. The minimum atomic E-state index is -0.0209. The molecule has 0 unspecified atom stereocenters. The maximum absolute atomic E-state index is 13.4. The predicted molar refractivity (Wildman–Crippen MR) is 98.4 cm³/mol. The van der Waals surface area contributed by atoms with E-state index in [1.807, 2.05) is 6.07 Å². The van der Waals surface area contributed by atoms with Crippen molar-refractivity contribution in [3.8, 4) is 6.07 Å². The highest BCUT2D eigenvalue weighted by Gasteiger charge is 2.55. The summed E-state index contributed by atoms with van der Waals surface area (Å²) in [6, 6.07) is 5.79. The maximum Gasteiger partial charge on any atom is 0.228 e. The zero-order valence-corrected chi connectivity index (χ0v) is 15.2. The van der Waals surface area contributed by atoms with E-state index in [1.165, 1.54) is 19.3 Å². The van der Waals surface area contributed by atoms with Crippen LogP contribution in [0.1, 0.15) is 44.2 Å². The van der Waals surface area contributed by atoms with Crippen LogP contribution in [0.5, 0.6) is 0 Å². The van der Waals surface area contributed by atoms with Crippen LogP contribution in [0.3, 0.4) is 0 Å². The van der Waals surface area contributed by atoms with Crippen molar-refractivity contribution in [1.82, 2.24) is 9.88 Å². The maximum atomic E-state index is 13.4. The molecule has 1 saturated heterocycles. The minimum Gasteiger partial charge on any atom is -0.367 e. The second-order valence-corrected chi connectivity index (χ2v) is 8.99. The Labute approximate surface area is 155 Å². The Hall–Kier alpha value is -2.09. The van der Waals surface area contributed by atoms with Gasteiger partial charge in [-0.3, -0.25) is 4.79 Å². The average molecular weight is 350 g/mol. The van der Waals surface area contributed by atoms with Crippen LogP contribution >= 0.6 is 0 Å². The second kappa shape index (κ2) is 5.97. The zero-order chi connectivity index (χ0) is 17.7. The Bertz CT molecular complexity index is 707. The fraction of sp³-hybridized carbons (Fsp3) is 0.667. The summed E-state index contributed by atoms with van der Waals surface area (Å²) >= 11 is 0. The van der Waals surface area contributed by atoms with E-state index in [4.69, 9.17) is 5.26 Å². The highest BCUT2D eigenvalue weighted by atomic mass is 16.2. The van der Waals surface area contributed by atoms with Crippen molar-refractivity contribution >= 4 is 11.6 Å². The Morgan fingerprint density at radius 3 is 2.15 bits per heavy atom. The van der Waals surface area contributed by atoms with Crippen molar-refractivity contribution in [3.63, 3.8) is 0 Å². The molecule has 0 N–H and O–H groups in total. The van der Waals surface area contributed by atoms with E-state index < -0.39 is 0 Å². The van der Waals surface area contributed by atoms with E-state index >= 15 is 0 Å². The SMILES string of the molecule is N#Cc1ccc(N2CCN(C(=O)C34CC5CC(CC(C5)C3)C4)CC2)cn1. The van der Waals surface area contributed by atoms with Crippen molar-refractivity contribution < 1.29 is 4.79 Å². The second-order valence-electron chi connectivity index (χ2n) is 8.99. The molecule has 2 heterocycles. The van der Waals surface area contributed by atoms with E-state index in [1.54, 1.807) is 12.3 Å². The van der Waals surface area contributed by atoms with Gasteiger partial charge in [-0.1, -0.05) is 0 Å². The summed E-state index contributed by atoms with van der Waals surface area (Å²) in [5, 5.41) is 8.88. The molecule has 1 aromatic heterocycles. The number of pyridine rings is 1. The quantitative estimate of drug-likeness (QED) is 0.823. The number of hydrogen-bond donors (Lipinski definition) is 0. The van der Waals surface area contributed by atoms with Gasteiger partial charge >= 0.3 is 0 Å². The smallest absolute Gasteiger partial charge is 0.228 e. The van der Waals surface area contributed by atoms with Gasteiger partial charge in [0.05, 0.1) is 17.3 Å². The molecule has 6 rings (SSSR count). The lowest BCUT2D eigenvalue weighted by Crippen LogP contribution is -2.58. The fourth-order valence-electron chi connectivity index (χ4n) is 6.51. The van der Waals surface area contributed by atoms with Crippen LogP contribution in [0.15, 0.2) is 18.3 Å². The molecule has 4 aliphatic carbocycles. The van der Waals surface area contributed by atoms with E-state index in [2.05, 4.69) is 20.9 Å². The number of rotatable bonds is 2. The van der Waals surface area contributed by atoms with Crippen LogP contribution in [0.4, 0.5) is 5.69 Å². The van der Waals surface area contributed by atoms with Crippen LogP contribution in [0, 0.1) is 34.5 Å². The lowest BCUT2D eigenvalue weighted by molar-refractivity contribution is -0.158. The first kappa shape index (κ1) is 16.1. The van der Waals surface area contributed by atoms with Gasteiger partial charge in [0.15, 0.2) is 0 Å². The van der Waals surface area contributed by atoms with Gasteiger partial charge in [-0.2, -0.15) is 5.26 Å². The molecular weight excluding hydrogens is 324 g/mol. The van der Waals surface area contributed by atoms with E-state index in [-0.39, 0.29) is 5.41 Å². The van der Waals surface area contributed by atoms with Crippen molar-refractivity contribution in [1.29, 1.82) is 5.26 Å². The first-order chi connectivity index (χ1) is 12.6. The van der Waals surface area contributed by atoms with Gasteiger partial charge < -0.3 is 9.80 Å². The van der Waals surface area contributed by atoms with Gasteiger partial charge in [0, 0.05) is 26.2 Å². The molecule has 0 aromatic carbocycles.